The molecule has 2 aliphatic heterocycles. The molecule has 3 fully saturated rings. The van der Waals surface area contributed by atoms with E-state index in [0.717, 1.165) is 52.2 Å². The predicted molar refractivity (Wildman–Crippen MR) is 105 cm³/mol. The van der Waals surface area contributed by atoms with Crippen molar-refractivity contribution >= 4 is 11.6 Å². The maximum Gasteiger partial charge on any atom is 0.223 e. The molecule has 2 heterocycles. The molecule has 1 aliphatic carbocycles. The molecule has 1 spiro atoms. The topological polar surface area (TPSA) is 47.6 Å². The zero-order chi connectivity index (χ0) is 18.0. The summed E-state index contributed by atoms with van der Waals surface area (Å²) in [6.45, 7) is 9.40. The van der Waals surface area contributed by atoms with Gasteiger partial charge in [0, 0.05) is 50.4 Å². The Labute approximate surface area is 157 Å². The number of anilines is 1. The normalized spacial score (nSPS) is 26.5. The highest BCUT2D eigenvalue weighted by molar-refractivity contribution is 5.82. The van der Waals surface area contributed by atoms with E-state index in [0.29, 0.717) is 17.4 Å². The number of hydrogen-bond donors (Lipinski definition) is 2. The van der Waals surface area contributed by atoms with Crippen molar-refractivity contribution in [3.63, 3.8) is 0 Å². The molecule has 2 atom stereocenters. The van der Waals surface area contributed by atoms with Gasteiger partial charge < -0.3 is 15.5 Å². The minimum Gasteiger partial charge on any atom is -0.369 e. The third-order valence-electron chi connectivity index (χ3n) is 6.74. The first-order valence-electron chi connectivity index (χ1n) is 10.2. The van der Waals surface area contributed by atoms with Crippen LogP contribution in [-0.2, 0) is 4.79 Å². The van der Waals surface area contributed by atoms with Gasteiger partial charge in [-0.3, -0.25) is 9.69 Å². The first kappa shape index (κ1) is 17.8. The second-order valence-corrected chi connectivity index (χ2v) is 8.32. The summed E-state index contributed by atoms with van der Waals surface area (Å²) in [5.74, 6) is 0.563. The molecule has 2 unspecified atom stereocenters. The molecular weight excluding hydrogens is 324 g/mol. The number of carbonyl (C=O) groups is 1. The van der Waals surface area contributed by atoms with E-state index in [1.807, 2.05) is 0 Å². The third kappa shape index (κ3) is 3.74. The van der Waals surface area contributed by atoms with Gasteiger partial charge in [0.15, 0.2) is 0 Å². The summed E-state index contributed by atoms with van der Waals surface area (Å²) in [7, 11) is 0. The third-order valence-corrected chi connectivity index (χ3v) is 6.74. The van der Waals surface area contributed by atoms with Gasteiger partial charge in [0.1, 0.15) is 0 Å². The molecule has 1 aromatic carbocycles. The highest BCUT2D eigenvalue weighted by Crippen LogP contribution is 2.58. The molecule has 5 heteroatoms. The van der Waals surface area contributed by atoms with Gasteiger partial charge in [-0.2, -0.15) is 0 Å². The maximum atomic E-state index is 12.5. The van der Waals surface area contributed by atoms with Gasteiger partial charge in [-0.1, -0.05) is 18.2 Å². The molecular formula is C21H32N4O. The van der Waals surface area contributed by atoms with Crippen molar-refractivity contribution < 1.29 is 4.79 Å². The average Bonchev–Trinajstić information content (AvgIpc) is 3.40. The Hall–Kier alpha value is -1.59. The largest absolute Gasteiger partial charge is 0.369 e. The van der Waals surface area contributed by atoms with Crippen LogP contribution < -0.4 is 15.5 Å². The van der Waals surface area contributed by atoms with E-state index in [9.17, 15) is 4.79 Å². The molecule has 5 nitrogen and oxygen atoms in total. The smallest absolute Gasteiger partial charge is 0.223 e. The quantitative estimate of drug-likeness (QED) is 0.843. The first-order chi connectivity index (χ1) is 12.7. The van der Waals surface area contributed by atoms with Crippen LogP contribution in [0.5, 0.6) is 0 Å². The Kier molecular flexibility index (Phi) is 5.18. The van der Waals surface area contributed by atoms with Crippen LogP contribution in [0.4, 0.5) is 5.69 Å². The number of para-hydroxylation sites is 1. The van der Waals surface area contributed by atoms with Crippen molar-refractivity contribution in [1.82, 2.24) is 15.5 Å². The fourth-order valence-corrected chi connectivity index (χ4v) is 4.76. The minimum absolute atomic E-state index is 0.270. The summed E-state index contributed by atoms with van der Waals surface area (Å²) in [5.41, 5.74) is 1.65. The van der Waals surface area contributed by atoms with Crippen LogP contribution in [0, 0.1) is 11.3 Å². The number of piperidine rings is 1. The Morgan fingerprint density at radius 2 is 1.88 bits per heavy atom. The Balaban J connectivity index is 1.20. The zero-order valence-electron chi connectivity index (χ0n) is 15.9. The van der Waals surface area contributed by atoms with Crippen LogP contribution in [0.25, 0.3) is 0 Å². The van der Waals surface area contributed by atoms with E-state index in [4.69, 9.17) is 0 Å². The van der Waals surface area contributed by atoms with Gasteiger partial charge in [0.25, 0.3) is 0 Å². The number of piperazine rings is 1. The molecule has 2 saturated heterocycles. The van der Waals surface area contributed by atoms with Crippen molar-refractivity contribution in [2.75, 3.05) is 50.7 Å². The van der Waals surface area contributed by atoms with Crippen molar-refractivity contribution in [2.24, 2.45) is 11.3 Å². The maximum absolute atomic E-state index is 12.5. The summed E-state index contributed by atoms with van der Waals surface area (Å²) in [6, 6.07) is 11.1. The monoisotopic (exact) mass is 356 g/mol. The molecule has 4 rings (SSSR count). The summed E-state index contributed by atoms with van der Waals surface area (Å²) in [6.07, 6.45) is 3.44. The Morgan fingerprint density at radius 1 is 1.19 bits per heavy atom. The first-order valence-corrected chi connectivity index (χ1v) is 10.2. The Bertz CT molecular complexity index is 606. The van der Waals surface area contributed by atoms with E-state index < -0.39 is 0 Å². The van der Waals surface area contributed by atoms with Crippen LogP contribution in [0.15, 0.2) is 30.3 Å². The van der Waals surface area contributed by atoms with Crippen LogP contribution in [0.2, 0.25) is 0 Å². The van der Waals surface area contributed by atoms with Gasteiger partial charge in [0.2, 0.25) is 5.91 Å². The molecule has 2 N–H and O–H groups in total. The van der Waals surface area contributed by atoms with Crippen LogP contribution in [-0.4, -0.2) is 62.7 Å². The number of amides is 1. The SMILES string of the molecule is CC(CNC(=O)C1CC12CCNCC2)N1CCN(c2ccccc2)CC1. The highest BCUT2D eigenvalue weighted by atomic mass is 16.2. The summed E-state index contributed by atoms with van der Waals surface area (Å²) < 4.78 is 0. The van der Waals surface area contributed by atoms with Crippen molar-refractivity contribution in [3.8, 4) is 0 Å². The van der Waals surface area contributed by atoms with Crippen LogP contribution in [0.3, 0.4) is 0 Å². The van der Waals surface area contributed by atoms with E-state index in [-0.39, 0.29) is 5.92 Å². The van der Waals surface area contributed by atoms with Gasteiger partial charge in [0.05, 0.1) is 0 Å². The zero-order valence-corrected chi connectivity index (χ0v) is 15.9. The number of carbonyl (C=O) groups excluding carboxylic acids is 1. The fraction of sp³-hybridized carbons (Fsp3) is 0.667. The summed E-state index contributed by atoms with van der Waals surface area (Å²) in [4.78, 5) is 17.5. The molecule has 1 saturated carbocycles. The van der Waals surface area contributed by atoms with Crippen molar-refractivity contribution in [2.45, 2.75) is 32.2 Å². The predicted octanol–water partition coefficient (Wildman–Crippen LogP) is 1.70. The molecule has 0 radical (unpaired) electrons. The van der Waals surface area contributed by atoms with Crippen molar-refractivity contribution in [3.05, 3.63) is 30.3 Å². The number of rotatable bonds is 5. The molecule has 26 heavy (non-hydrogen) atoms. The molecule has 142 valence electrons. The molecule has 0 bridgehead atoms. The van der Waals surface area contributed by atoms with E-state index in [1.54, 1.807) is 0 Å². The lowest BCUT2D eigenvalue weighted by Gasteiger charge is -2.39. The van der Waals surface area contributed by atoms with E-state index in [2.05, 4.69) is 57.7 Å². The number of benzene rings is 1. The van der Waals surface area contributed by atoms with Crippen LogP contribution >= 0.6 is 0 Å². The van der Waals surface area contributed by atoms with Gasteiger partial charge in [-0.25, -0.2) is 0 Å². The van der Waals surface area contributed by atoms with Gasteiger partial charge >= 0.3 is 0 Å². The highest BCUT2D eigenvalue weighted by Gasteiger charge is 2.57. The fourth-order valence-electron chi connectivity index (χ4n) is 4.76. The lowest BCUT2D eigenvalue weighted by Crippen LogP contribution is -2.52. The summed E-state index contributed by atoms with van der Waals surface area (Å²) in [5, 5.41) is 6.65. The summed E-state index contributed by atoms with van der Waals surface area (Å²) >= 11 is 0. The van der Waals surface area contributed by atoms with Crippen LogP contribution in [0.1, 0.15) is 26.2 Å². The second kappa shape index (κ2) is 7.57. The van der Waals surface area contributed by atoms with E-state index >= 15 is 0 Å². The van der Waals surface area contributed by atoms with Gasteiger partial charge in [-0.15, -0.1) is 0 Å². The number of nitrogens with one attached hydrogen (secondary N) is 2. The second-order valence-electron chi connectivity index (χ2n) is 8.32. The Morgan fingerprint density at radius 3 is 2.58 bits per heavy atom. The standard InChI is InChI=1S/C21H32N4O/c1-17(16-23-20(26)19-15-21(19)7-9-22-10-8-21)24-11-13-25(14-12-24)18-5-3-2-4-6-18/h2-6,17,19,22H,7-16H2,1H3,(H,23,26). The molecule has 3 aliphatic rings. The van der Waals surface area contributed by atoms with Crippen molar-refractivity contribution in [1.29, 1.82) is 0 Å². The molecule has 0 aromatic heterocycles. The lowest BCUT2D eigenvalue weighted by atomic mass is 9.92. The van der Waals surface area contributed by atoms with E-state index in [1.165, 1.54) is 18.5 Å². The minimum atomic E-state index is 0.270. The molecule has 1 amide bonds. The number of nitrogens with zero attached hydrogens (tertiary/aromatic N) is 2. The molecule has 1 aromatic rings. The average molecular weight is 357 g/mol. The number of hydrogen-bond acceptors (Lipinski definition) is 4. The van der Waals surface area contributed by atoms with Gasteiger partial charge in [-0.05, 0) is 56.8 Å². The lowest BCUT2D eigenvalue weighted by molar-refractivity contribution is -0.123.